The fourth-order valence-corrected chi connectivity index (χ4v) is 4.55. The highest BCUT2D eigenvalue weighted by Gasteiger charge is 2.08. The smallest absolute Gasteiger partial charge is 0.200 e. The Hall–Kier alpha value is -2.80. The fraction of sp³-hybridized carbons (Fsp3) is 0.600. The Kier molecular flexibility index (Phi) is 14.5. The molecule has 0 saturated heterocycles. The summed E-state index contributed by atoms with van der Waals surface area (Å²) in [6, 6.07) is 6.06. The molecule has 0 unspecified atom stereocenters. The van der Waals surface area contributed by atoms with Crippen molar-refractivity contribution in [3.05, 3.63) is 35.4 Å². The van der Waals surface area contributed by atoms with Crippen molar-refractivity contribution >= 4 is 0 Å². The van der Waals surface area contributed by atoms with Crippen molar-refractivity contribution in [3.63, 3.8) is 0 Å². The van der Waals surface area contributed by atoms with Crippen LogP contribution < -0.4 is 0 Å². The molecule has 6 N–H and O–H groups in total. The molecule has 0 aliphatic rings. The summed E-state index contributed by atoms with van der Waals surface area (Å²) in [5.74, 6) is -1.97. The molecule has 0 aliphatic carbocycles. The maximum absolute atomic E-state index is 9.54. The van der Waals surface area contributed by atoms with Crippen molar-refractivity contribution in [2.24, 2.45) is 0 Å². The molecule has 0 saturated carbocycles. The lowest BCUT2D eigenvalue weighted by atomic mass is 10.0. The van der Waals surface area contributed by atoms with Crippen LogP contribution in [0.1, 0.15) is 101 Å². The van der Waals surface area contributed by atoms with Crippen LogP contribution in [-0.2, 0) is 17.6 Å². The van der Waals surface area contributed by atoms with Crippen LogP contribution in [0.25, 0.3) is 0 Å². The monoisotopic (exact) mass is 518 g/mol. The zero-order valence-corrected chi connectivity index (χ0v) is 22.1. The average Bonchev–Trinajstić information content (AvgIpc) is 2.87. The number of aromatic hydroxyl groups is 6. The van der Waals surface area contributed by atoms with Crippen LogP contribution in [0, 0.1) is 0 Å². The maximum Gasteiger partial charge on any atom is 0.200 e. The largest absolute Gasteiger partial charge is 0.504 e. The fourth-order valence-electron chi connectivity index (χ4n) is 4.55. The van der Waals surface area contributed by atoms with Crippen molar-refractivity contribution in [2.75, 3.05) is 13.2 Å². The summed E-state index contributed by atoms with van der Waals surface area (Å²) in [5, 5.41) is 56.9. The summed E-state index contributed by atoms with van der Waals surface area (Å²) >= 11 is 0. The second-order valence-electron chi connectivity index (χ2n) is 10.0. The third-order valence-electron chi connectivity index (χ3n) is 6.77. The lowest BCUT2D eigenvalue weighted by Gasteiger charge is -2.07. The van der Waals surface area contributed by atoms with Crippen LogP contribution in [0.15, 0.2) is 24.3 Å². The van der Waals surface area contributed by atoms with Crippen molar-refractivity contribution in [1.29, 1.82) is 0 Å². The highest BCUT2D eigenvalue weighted by molar-refractivity contribution is 5.51. The lowest BCUT2D eigenvalue weighted by molar-refractivity contribution is 0.125. The second kappa shape index (κ2) is 17.6. The Morgan fingerprint density at radius 2 is 0.649 bits per heavy atom. The summed E-state index contributed by atoms with van der Waals surface area (Å²) in [6.07, 6.45) is 17.7. The van der Waals surface area contributed by atoms with E-state index in [1.54, 1.807) is 0 Å². The third-order valence-corrected chi connectivity index (χ3v) is 6.77. The molecule has 0 bridgehead atoms. The zero-order chi connectivity index (χ0) is 26.9. The Morgan fingerprint density at radius 1 is 0.378 bits per heavy atom. The molecule has 0 fully saturated rings. The van der Waals surface area contributed by atoms with E-state index in [1.807, 2.05) is 0 Å². The third kappa shape index (κ3) is 12.3. The number of ether oxygens (including phenoxy) is 1. The van der Waals surface area contributed by atoms with Crippen LogP contribution in [-0.4, -0.2) is 43.9 Å². The van der Waals surface area contributed by atoms with E-state index in [4.69, 9.17) is 4.74 Å². The molecular formula is C30H46O7. The lowest BCUT2D eigenvalue weighted by Crippen LogP contribution is -1.97. The highest BCUT2D eigenvalue weighted by atomic mass is 16.5. The van der Waals surface area contributed by atoms with E-state index in [9.17, 15) is 30.6 Å². The first-order valence-corrected chi connectivity index (χ1v) is 13.9. The maximum atomic E-state index is 9.54. The first kappa shape index (κ1) is 30.4. The van der Waals surface area contributed by atoms with Crippen LogP contribution in [0.2, 0.25) is 0 Å². The molecule has 208 valence electrons. The second-order valence-corrected chi connectivity index (χ2v) is 10.0. The molecule has 0 amide bonds. The van der Waals surface area contributed by atoms with Gasteiger partial charge in [0.05, 0.1) is 0 Å². The summed E-state index contributed by atoms with van der Waals surface area (Å²) in [5.41, 5.74) is 1.69. The zero-order valence-electron chi connectivity index (χ0n) is 22.1. The summed E-state index contributed by atoms with van der Waals surface area (Å²) in [4.78, 5) is 0. The number of aryl methyl sites for hydroxylation is 2. The van der Waals surface area contributed by atoms with Crippen LogP contribution in [0.5, 0.6) is 34.5 Å². The van der Waals surface area contributed by atoms with Crippen LogP contribution in [0.4, 0.5) is 0 Å². The number of rotatable bonds is 20. The van der Waals surface area contributed by atoms with E-state index in [-0.39, 0.29) is 23.0 Å². The van der Waals surface area contributed by atoms with E-state index in [0.29, 0.717) is 0 Å². The number of unbranched alkanes of at least 4 members (excludes halogenated alkanes) is 12. The van der Waals surface area contributed by atoms with Crippen molar-refractivity contribution in [3.8, 4) is 34.5 Å². The molecule has 0 atom stereocenters. The van der Waals surface area contributed by atoms with Gasteiger partial charge < -0.3 is 35.4 Å². The molecule has 0 aliphatic heterocycles. The minimum absolute atomic E-state index is 0.265. The summed E-state index contributed by atoms with van der Waals surface area (Å²) < 4.78 is 5.76. The van der Waals surface area contributed by atoms with E-state index < -0.39 is 11.5 Å². The number of hydrogen-bond acceptors (Lipinski definition) is 7. The molecule has 0 spiro atoms. The first-order valence-electron chi connectivity index (χ1n) is 13.9. The number of phenolic OH excluding ortho intramolecular Hbond substituents is 6. The molecule has 7 nitrogen and oxygen atoms in total. The van der Waals surface area contributed by atoms with Gasteiger partial charge in [0, 0.05) is 13.2 Å². The van der Waals surface area contributed by atoms with E-state index in [1.165, 1.54) is 75.6 Å². The Morgan fingerprint density at radius 3 is 0.973 bits per heavy atom. The number of benzene rings is 2. The Balaban J connectivity index is 1.30. The molecular weight excluding hydrogens is 472 g/mol. The molecule has 7 heteroatoms. The predicted molar refractivity (Wildman–Crippen MR) is 146 cm³/mol. The Labute approximate surface area is 221 Å². The predicted octanol–water partition coefficient (Wildman–Crippen LogP) is 7.18. The standard InChI is InChI=1S/C30H46O7/c31-25-19-23(20-26(32)29(25)35)15-11-7-3-1-5-9-13-17-37-18-14-10-6-2-4-8-12-16-24-21-27(33)30(36)28(34)22-24/h19-22,31-36H,1-18H2. The first-order chi connectivity index (χ1) is 17.9. The van der Waals surface area contributed by atoms with Gasteiger partial charge in [-0.3, -0.25) is 0 Å². The molecule has 0 heterocycles. The minimum Gasteiger partial charge on any atom is -0.504 e. The van der Waals surface area contributed by atoms with Crippen LogP contribution in [0.3, 0.4) is 0 Å². The minimum atomic E-state index is -0.453. The topological polar surface area (TPSA) is 131 Å². The van der Waals surface area contributed by atoms with Gasteiger partial charge in [-0.2, -0.15) is 0 Å². The summed E-state index contributed by atoms with van der Waals surface area (Å²) in [7, 11) is 0. The molecule has 2 aromatic carbocycles. The van der Waals surface area contributed by atoms with Gasteiger partial charge in [-0.15, -0.1) is 0 Å². The molecule has 0 aromatic heterocycles. The van der Waals surface area contributed by atoms with Gasteiger partial charge in [0.25, 0.3) is 0 Å². The molecule has 2 aromatic rings. The molecule has 37 heavy (non-hydrogen) atoms. The molecule has 0 radical (unpaired) electrons. The van der Waals surface area contributed by atoms with E-state index in [2.05, 4.69) is 0 Å². The number of phenols is 6. The van der Waals surface area contributed by atoms with Gasteiger partial charge in [0.2, 0.25) is 0 Å². The summed E-state index contributed by atoms with van der Waals surface area (Å²) in [6.45, 7) is 1.69. The van der Waals surface area contributed by atoms with Crippen LogP contribution >= 0.6 is 0 Å². The van der Waals surface area contributed by atoms with Crippen molar-refractivity contribution in [1.82, 2.24) is 0 Å². The van der Waals surface area contributed by atoms with Crippen molar-refractivity contribution in [2.45, 2.75) is 103 Å². The van der Waals surface area contributed by atoms with Gasteiger partial charge >= 0.3 is 0 Å². The van der Waals surface area contributed by atoms with Gasteiger partial charge in [-0.25, -0.2) is 0 Å². The van der Waals surface area contributed by atoms with Gasteiger partial charge in [0.15, 0.2) is 34.5 Å². The number of hydrogen-bond donors (Lipinski definition) is 6. The normalized spacial score (nSPS) is 11.2. The molecule has 2 rings (SSSR count). The SMILES string of the molecule is Oc1cc(CCCCCCCCCOCCCCCCCCCc2cc(O)c(O)c(O)c2)cc(O)c1O. The van der Waals surface area contributed by atoms with Gasteiger partial charge in [-0.05, 0) is 73.9 Å². The van der Waals surface area contributed by atoms with Crippen molar-refractivity contribution < 1.29 is 35.4 Å². The average molecular weight is 519 g/mol. The highest BCUT2D eigenvalue weighted by Crippen LogP contribution is 2.36. The van der Waals surface area contributed by atoms with Gasteiger partial charge in [0.1, 0.15) is 0 Å². The van der Waals surface area contributed by atoms with Gasteiger partial charge in [-0.1, -0.05) is 64.2 Å². The Bertz CT molecular complexity index is 793. The quantitative estimate of drug-likeness (QED) is 0.0808. The van der Waals surface area contributed by atoms with E-state index >= 15 is 0 Å². The van der Waals surface area contributed by atoms with E-state index in [0.717, 1.165) is 75.7 Å².